The van der Waals surface area contributed by atoms with Crippen LogP contribution in [0.15, 0.2) is 54.6 Å². The quantitative estimate of drug-likeness (QED) is 0.298. The molecule has 2 aromatic rings. The second kappa shape index (κ2) is 9.57. The molecule has 0 radical (unpaired) electrons. The fourth-order valence-electron chi connectivity index (χ4n) is 3.42. The number of allylic oxidation sites excluding steroid dienone is 1. The maximum Gasteiger partial charge on any atom is 0.270 e. The first-order valence-electron chi connectivity index (χ1n) is 10.00. The number of phenols is 1. The number of aryl methyl sites for hydroxylation is 1. The number of ether oxygens (including phenoxy) is 1. The highest BCUT2D eigenvalue weighted by atomic mass is 32.1. The summed E-state index contributed by atoms with van der Waals surface area (Å²) >= 11 is 5.30. The van der Waals surface area contributed by atoms with Gasteiger partial charge >= 0.3 is 0 Å². The van der Waals surface area contributed by atoms with Crippen LogP contribution in [0.3, 0.4) is 0 Å². The van der Waals surface area contributed by atoms with Crippen molar-refractivity contribution < 1.29 is 19.4 Å². The molecule has 7 heteroatoms. The van der Waals surface area contributed by atoms with Gasteiger partial charge in [-0.15, -0.1) is 6.58 Å². The van der Waals surface area contributed by atoms with Crippen molar-refractivity contribution >= 4 is 40.9 Å². The zero-order valence-corrected chi connectivity index (χ0v) is 18.3. The van der Waals surface area contributed by atoms with E-state index >= 15 is 0 Å². The molecule has 0 spiro atoms. The Morgan fingerprint density at radius 3 is 2.61 bits per heavy atom. The number of aromatic hydroxyl groups is 1. The molecule has 6 nitrogen and oxygen atoms in total. The van der Waals surface area contributed by atoms with Gasteiger partial charge < -0.3 is 9.84 Å². The van der Waals surface area contributed by atoms with Gasteiger partial charge in [-0.25, -0.2) is 0 Å². The van der Waals surface area contributed by atoms with Gasteiger partial charge in [0.05, 0.1) is 12.3 Å². The van der Waals surface area contributed by atoms with Crippen LogP contribution in [0.4, 0.5) is 5.69 Å². The summed E-state index contributed by atoms with van der Waals surface area (Å²) in [7, 11) is 0. The summed E-state index contributed by atoms with van der Waals surface area (Å²) < 4.78 is 5.51. The molecule has 1 fully saturated rings. The van der Waals surface area contributed by atoms with Gasteiger partial charge in [0, 0.05) is 5.56 Å². The van der Waals surface area contributed by atoms with Gasteiger partial charge in [-0.05, 0) is 67.4 Å². The van der Waals surface area contributed by atoms with Gasteiger partial charge in [0.1, 0.15) is 5.57 Å². The molecule has 0 saturated carbocycles. The summed E-state index contributed by atoms with van der Waals surface area (Å²) in [6.07, 6.45) is 4.25. The zero-order chi connectivity index (χ0) is 22.5. The van der Waals surface area contributed by atoms with Gasteiger partial charge in [-0.3, -0.25) is 19.8 Å². The molecule has 2 aromatic carbocycles. The normalized spacial score (nSPS) is 15.2. The highest BCUT2D eigenvalue weighted by molar-refractivity contribution is 7.80. The Balaban J connectivity index is 2.09. The van der Waals surface area contributed by atoms with Gasteiger partial charge in [0.25, 0.3) is 11.8 Å². The van der Waals surface area contributed by atoms with Crippen LogP contribution in [0.5, 0.6) is 11.5 Å². The maximum atomic E-state index is 13.3. The number of nitrogens with one attached hydrogen (secondary N) is 1. The van der Waals surface area contributed by atoms with Crippen molar-refractivity contribution in [3.63, 3.8) is 0 Å². The summed E-state index contributed by atoms with van der Waals surface area (Å²) in [6, 6.07) is 10.7. The summed E-state index contributed by atoms with van der Waals surface area (Å²) in [4.78, 5) is 27.3. The smallest absolute Gasteiger partial charge is 0.270 e. The van der Waals surface area contributed by atoms with Crippen molar-refractivity contribution in [2.45, 2.75) is 26.7 Å². The summed E-state index contributed by atoms with van der Waals surface area (Å²) in [6.45, 7) is 7.85. The molecule has 3 rings (SSSR count). The van der Waals surface area contributed by atoms with Crippen LogP contribution < -0.4 is 15.0 Å². The largest absolute Gasteiger partial charge is 0.504 e. The van der Waals surface area contributed by atoms with E-state index in [1.54, 1.807) is 31.2 Å². The number of carbonyl (C=O) groups is 2. The average Bonchev–Trinajstić information content (AvgIpc) is 2.74. The van der Waals surface area contributed by atoms with E-state index in [0.717, 1.165) is 5.56 Å². The van der Waals surface area contributed by atoms with Crippen LogP contribution in [-0.2, 0) is 22.4 Å². The number of carbonyl (C=O) groups excluding carboxylic acids is 2. The Morgan fingerprint density at radius 2 is 1.94 bits per heavy atom. The second-order valence-electron chi connectivity index (χ2n) is 6.89. The lowest BCUT2D eigenvalue weighted by atomic mass is 10.0. The third-order valence-electron chi connectivity index (χ3n) is 4.87. The number of anilines is 1. The number of thiocarbonyl (C=S) groups is 1. The standard InChI is InChI=1S/C24H24N2O4S/c1-4-9-17-12-15(14-20(21(17)27)30-6-3)13-18-22(28)25-24(31)26(23(18)29)19-11-8-7-10-16(19)5-2/h4,7-8,10-14,27H,1,5-6,9H2,2-3H3,(H,25,28,31)/b18-13-. The van der Waals surface area contributed by atoms with Crippen molar-refractivity contribution in [3.05, 3.63) is 71.3 Å². The van der Waals surface area contributed by atoms with Crippen molar-refractivity contribution in [3.8, 4) is 11.5 Å². The Bertz CT molecular complexity index is 1090. The minimum atomic E-state index is -0.573. The molecule has 0 aromatic heterocycles. The predicted molar refractivity (Wildman–Crippen MR) is 125 cm³/mol. The van der Waals surface area contributed by atoms with Crippen LogP contribution in [0.1, 0.15) is 30.5 Å². The Morgan fingerprint density at radius 1 is 1.19 bits per heavy atom. The molecule has 1 aliphatic heterocycles. The molecule has 0 bridgehead atoms. The maximum absolute atomic E-state index is 13.3. The fourth-order valence-corrected chi connectivity index (χ4v) is 3.69. The van der Waals surface area contributed by atoms with E-state index in [0.29, 0.717) is 36.3 Å². The molecule has 1 heterocycles. The Hall–Kier alpha value is -3.45. The van der Waals surface area contributed by atoms with Crippen molar-refractivity contribution in [2.75, 3.05) is 11.5 Å². The lowest BCUT2D eigenvalue weighted by molar-refractivity contribution is -0.122. The van der Waals surface area contributed by atoms with Crippen LogP contribution >= 0.6 is 12.2 Å². The first-order valence-corrected chi connectivity index (χ1v) is 10.4. The number of hydrogen-bond acceptors (Lipinski definition) is 5. The van der Waals surface area contributed by atoms with E-state index in [-0.39, 0.29) is 22.2 Å². The first-order chi connectivity index (χ1) is 14.9. The van der Waals surface area contributed by atoms with E-state index in [9.17, 15) is 14.7 Å². The minimum Gasteiger partial charge on any atom is -0.504 e. The summed E-state index contributed by atoms with van der Waals surface area (Å²) in [5.74, 6) is -0.786. The number of para-hydroxylation sites is 1. The third-order valence-corrected chi connectivity index (χ3v) is 5.15. The van der Waals surface area contributed by atoms with Crippen molar-refractivity contribution in [2.24, 2.45) is 0 Å². The second-order valence-corrected chi connectivity index (χ2v) is 7.28. The molecule has 0 aliphatic carbocycles. The molecule has 0 unspecified atom stereocenters. The highest BCUT2D eigenvalue weighted by Gasteiger charge is 2.35. The molecule has 0 atom stereocenters. The van der Waals surface area contributed by atoms with Crippen LogP contribution in [0, 0.1) is 0 Å². The number of benzene rings is 2. The average molecular weight is 437 g/mol. The fraction of sp³-hybridized carbons (Fsp3) is 0.208. The Kier molecular flexibility index (Phi) is 6.87. The number of phenolic OH excluding ortho intramolecular Hbond substituents is 1. The topological polar surface area (TPSA) is 78.9 Å². The highest BCUT2D eigenvalue weighted by Crippen LogP contribution is 2.34. The summed E-state index contributed by atoms with van der Waals surface area (Å²) in [5, 5.41) is 13.0. The molecule has 1 saturated heterocycles. The molecule has 2 N–H and O–H groups in total. The van der Waals surface area contributed by atoms with Crippen LogP contribution in [0.25, 0.3) is 6.08 Å². The van der Waals surface area contributed by atoms with E-state index in [2.05, 4.69) is 11.9 Å². The minimum absolute atomic E-state index is 0.0167. The van der Waals surface area contributed by atoms with E-state index in [4.69, 9.17) is 17.0 Å². The lowest BCUT2D eigenvalue weighted by Crippen LogP contribution is -2.54. The molecule has 2 amide bonds. The van der Waals surface area contributed by atoms with Gasteiger partial charge in [-0.1, -0.05) is 31.2 Å². The van der Waals surface area contributed by atoms with E-state index in [1.165, 1.54) is 11.0 Å². The molecular formula is C24H24N2O4S. The number of hydrogen-bond donors (Lipinski definition) is 2. The van der Waals surface area contributed by atoms with Crippen LogP contribution in [-0.4, -0.2) is 28.6 Å². The number of nitrogens with zero attached hydrogens (tertiary/aromatic N) is 1. The molecule has 1 aliphatic rings. The van der Waals surface area contributed by atoms with Gasteiger partial charge in [0.2, 0.25) is 0 Å². The SMILES string of the molecule is C=CCc1cc(/C=C2/C(=O)NC(=S)N(c3ccccc3CC)C2=O)cc(OCC)c1O. The molecular weight excluding hydrogens is 412 g/mol. The van der Waals surface area contributed by atoms with Crippen molar-refractivity contribution in [1.29, 1.82) is 0 Å². The van der Waals surface area contributed by atoms with Crippen LogP contribution in [0.2, 0.25) is 0 Å². The monoisotopic (exact) mass is 436 g/mol. The first kappa shape index (κ1) is 22.2. The van der Waals surface area contributed by atoms with E-state index in [1.807, 2.05) is 25.1 Å². The predicted octanol–water partition coefficient (Wildman–Crippen LogP) is 3.91. The third kappa shape index (κ3) is 4.51. The number of rotatable bonds is 7. The molecule has 160 valence electrons. The Labute approximate surface area is 186 Å². The number of amides is 2. The van der Waals surface area contributed by atoms with Gasteiger partial charge in [-0.2, -0.15) is 0 Å². The zero-order valence-electron chi connectivity index (χ0n) is 17.5. The van der Waals surface area contributed by atoms with Crippen molar-refractivity contribution in [1.82, 2.24) is 5.32 Å². The van der Waals surface area contributed by atoms with Gasteiger partial charge in [0.15, 0.2) is 16.6 Å². The van der Waals surface area contributed by atoms with E-state index < -0.39 is 11.8 Å². The summed E-state index contributed by atoms with van der Waals surface area (Å²) in [5.41, 5.74) is 2.65. The lowest BCUT2D eigenvalue weighted by Gasteiger charge is -2.30. The molecule has 31 heavy (non-hydrogen) atoms.